The van der Waals surface area contributed by atoms with E-state index in [0.29, 0.717) is 18.5 Å². The molecule has 0 saturated carbocycles. The van der Waals surface area contributed by atoms with Gasteiger partial charge in [-0.25, -0.2) is 9.97 Å². The van der Waals surface area contributed by atoms with Gasteiger partial charge >= 0.3 is 0 Å². The van der Waals surface area contributed by atoms with E-state index in [2.05, 4.69) is 9.97 Å². The summed E-state index contributed by atoms with van der Waals surface area (Å²) in [5.74, 6) is 0.832. The maximum Gasteiger partial charge on any atom is 0.254 e. The normalized spacial score (nSPS) is 15.5. The van der Waals surface area contributed by atoms with Crippen LogP contribution in [0.15, 0.2) is 73.3 Å². The van der Waals surface area contributed by atoms with E-state index < -0.39 is 0 Å². The number of methoxy groups -OCH3 is 1. The number of imidazole rings is 1. The average Bonchev–Trinajstić information content (AvgIpc) is 3.53. The van der Waals surface area contributed by atoms with E-state index in [1.165, 1.54) is 0 Å². The monoisotopic (exact) mass is 453 g/mol. The lowest BCUT2D eigenvalue weighted by Crippen LogP contribution is -2.31. The highest BCUT2D eigenvalue weighted by molar-refractivity contribution is 5.94. The number of para-hydroxylation sites is 1. The molecule has 5 rings (SSSR count). The summed E-state index contributed by atoms with van der Waals surface area (Å²) in [6, 6.07) is 17.5. The Balaban J connectivity index is 1.39. The summed E-state index contributed by atoms with van der Waals surface area (Å²) in [5.41, 5.74) is 5.25. The molecule has 0 spiro atoms. The number of carbonyl (C=O) groups is 1. The highest BCUT2D eigenvalue weighted by Gasteiger charge is 2.32. The minimum absolute atomic E-state index is 0.0129. The van der Waals surface area contributed by atoms with Crippen molar-refractivity contribution in [3.05, 3.63) is 95.8 Å². The van der Waals surface area contributed by atoms with Crippen molar-refractivity contribution in [3.63, 3.8) is 0 Å². The zero-order chi connectivity index (χ0) is 23.5. The zero-order valence-electron chi connectivity index (χ0n) is 19.4. The fourth-order valence-electron chi connectivity index (χ4n) is 4.62. The summed E-state index contributed by atoms with van der Waals surface area (Å²) in [6.45, 7) is 0.714. The largest absolute Gasteiger partial charge is 0.496 e. The van der Waals surface area contributed by atoms with Crippen LogP contribution < -0.4 is 4.74 Å². The molecule has 7 heteroatoms. The lowest BCUT2D eigenvalue weighted by atomic mass is 10.1. The standard InChI is InChI=1S/C27H27N5O2/c1-31-18-28-17-25(31)23-9-5-8-22(30-23)24-10-6-14-32(24)27(33)20-12-13-29-21(16-20)15-19-7-3-4-11-26(19)34-2/h3-5,7-9,11-13,16-18,24H,6,10,14-15H2,1-2H3/t24-/m0/s1. The number of pyridine rings is 2. The Kier molecular flexibility index (Phi) is 6.08. The number of ether oxygens (including phenoxy) is 1. The van der Waals surface area contributed by atoms with Crippen LogP contribution in [0.25, 0.3) is 11.4 Å². The quantitative estimate of drug-likeness (QED) is 0.431. The second kappa shape index (κ2) is 9.47. The lowest BCUT2D eigenvalue weighted by molar-refractivity contribution is 0.0732. The number of benzene rings is 1. The first-order chi connectivity index (χ1) is 16.6. The van der Waals surface area contributed by atoms with Crippen molar-refractivity contribution >= 4 is 5.91 Å². The summed E-state index contributed by atoms with van der Waals surface area (Å²) in [4.78, 5) is 29.1. The number of likely N-dealkylation sites (tertiary alicyclic amines) is 1. The Labute approximate surface area is 199 Å². The highest BCUT2D eigenvalue weighted by atomic mass is 16.5. The number of nitrogens with zero attached hydrogens (tertiary/aromatic N) is 5. The van der Waals surface area contributed by atoms with Crippen LogP contribution in [0.4, 0.5) is 0 Å². The molecule has 1 aromatic carbocycles. The van der Waals surface area contributed by atoms with Gasteiger partial charge in [0.15, 0.2) is 0 Å². The average molecular weight is 454 g/mol. The van der Waals surface area contributed by atoms with Crippen molar-refractivity contribution in [3.8, 4) is 17.1 Å². The van der Waals surface area contributed by atoms with E-state index in [1.54, 1.807) is 25.7 Å². The number of carbonyl (C=O) groups excluding carboxylic acids is 1. The molecule has 1 fully saturated rings. The number of aryl methyl sites for hydroxylation is 1. The van der Waals surface area contributed by atoms with Crippen molar-refractivity contribution in [2.75, 3.05) is 13.7 Å². The molecule has 1 saturated heterocycles. The summed E-state index contributed by atoms with van der Waals surface area (Å²) in [7, 11) is 3.62. The molecule has 172 valence electrons. The Hall–Kier alpha value is -4.00. The fraction of sp³-hybridized carbons (Fsp3) is 0.259. The van der Waals surface area contributed by atoms with Crippen LogP contribution >= 0.6 is 0 Å². The van der Waals surface area contributed by atoms with Gasteiger partial charge in [0.25, 0.3) is 5.91 Å². The van der Waals surface area contributed by atoms with Gasteiger partial charge in [-0.1, -0.05) is 24.3 Å². The molecule has 1 amide bonds. The molecule has 0 bridgehead atoms. The molecule has 1 aliphatic heterocycles. The van der Waals surface area contributed by atoms with Crippen molar-refractivity contribution in [2.24, 2.45) is 7.05 Å². The minimum atomic E-state index is -0.0495. The molecule has 0 aliphatic carbocycles. The van der Waals surface area contributed by atoms with E-state index in [-0.39, 0.29) is 11.9 Å². The second-order valence-electron chi connectivity index (χ2n) is 8.52. The molecule has 3 aromatic heterocycles. The molecular formula is C27H27N5O2. The Morgan fingerprint density at radius 3 is 2.85 bits per heavy atom. The van der Waals surface area contributed by atoms with E-state index in [0.717, 1.165) is 46.9 Å². The molecule has 1 atom stereocenters. The first-order valence-corrected chi connectivity index (χ1v) is 11.5. The van der Waals surface area contributed by atoms with Crippen LogP contribution in [-0.4, -0.2) is 44.0 Å². The minimum Gasteiger partial charge on any atom is -0.496 e. The molecule has 0 radical (unpaired) electrons. The molecule has 34 heavy (non-hydrogen) atoms. The summed E-state index contributed by atoms with van der Waals surface area (Å²) in [6.07, 6.45) is 7.73. The smallest absolute Gasteiger partial charge is 0.254 e. The molecular weight excluding hydrogens is 426 g/mol. The van der Waals surface area contributed by atoms with Crippen molar-refractivity contribution in [2.45, 2.75) is 25.3 Å². The maximum atomic E-state index is 13.6. The van der Waals surface area contributed by atoms with E-state index >= 15 is 0 Å². The van der Waals surface area contributed by atoms with E-state index in [9.17, 15) is 4.79 Å². The Morgan fingerprint density at radius 2 is 2.03 bits per heavy atom. The molecule has 0 unspecified atom stereocenters. The van der Waals surface area contributed by atoms with Crippen molar-refractivity contribution < 1.29 is 9.53 Å². The third kappa shape index (κ3) is 4.29. The van der Waals surface area contributed by atoms with Gasteiger partial charge in [-0.05, 0) is 43.2 Å². The number of hydrogen-bond donors (Lipinski definition) is 0. The summed E-state index contributed by atoms with van der Waals surface area (Å²) in [5, 5.41) is 0. The van der Waals surface area contributed by atoms with Gasteiger partial charge in [-0.3, -0.25) is 9.78 Å². The molecule has 4 aromatic rings. The first kappa shape index (κ1) is 21.8. The van der Waals surface area contributed by atoms with Gasteiger partial charge in [0.2, 0.25) is 0 Å². The second-order valence-corrected chi connectivity index (χ2v) is 8.52. The van der Waals surface area contributed by atoms with Crippen LogP contribution in [0.5, 0.6) is 5.75 Å². The number of hydrogen-bond acceptors (Lipinski definition) is 5. The third-order valence-electron chi connectivity index (χ3n) is 6.33. The predicted molar refractivity (Wildman–Crippen MR) is 129 cm³/mol. The van der Waals surface area contributed by atoms with Gasteiger partial charge in [-0.2, -0.15) is 0 Å². The summed E-state index contributed by atoms with van der Waals surface area (Å²) >= 11 is 0. The number of aromatic nitrogens is 4. The topological polar surface area (TPSA) is 73.1 Å². The maximum absolute atomic E-state index is 13.6. The van der Waals surface area contributed by atoms with Crippen LogP contribution in [0.1, 0.15) is 46.2 Å². The van der Waals surface area contributed by atoms with E-state index in [1.807, 2.05) is 71.2 Å². The number of amides is 1. The van der Waals surface area contributed by atoms with Crippen molar-refractivity contribution in [1.29, 1.82) is 0 Å². The number of rotatable bonds is 6. The van der Waals surface area contributed by atoms with Crippen LogP contribution in [0.3, 0.4) is 0 Å². The van der Waals surface area contributed by atoms with Gasteiger partial charge in [-0.15, -0.1) is 0 Å². The Bertz CT molecular complexity index is 1320. The van der Waals surface area contributed by atoms with E-state index in [4.69, 9.17) is 9.72 Å². The van der Waals surface area contributed by atoms with Crippen LogP contribution in [0, 0.1) is 0 Å². The van der Waals surface area contributed by atoms with Crippen LogP contribution in [-0.2, 0) is 13.5 Å². The van der Waals surface area contributed by atoms with Crippen LogP contribution in [0.2, 0.25) is 0 Å². The van der Waals surface area contributed by atoms with Gasteiger partial charge in [0.05, 0.1) is 42.8 Å². The molecule has 7 nitrogen and oxygen atoms in total. The summed E-state index contributed by atoms with van der Waals surface area (Å²) < 4.78 is 7.42. The van der Waals surface area contributed by atoms with Gasteiger partial charge < -0.3 is 14.2 Å². The predicted octanol–water partition coefficient (Wildman–Crippen LogP) is 4.45. The lowest BCUT2D eigenvalue weighted by Gasteiger charge is -2.25. The highest BCUT2D eigenvalue weighted by Crippen LogP contribution is 2.33. The molecule has 1 aliphatic rings. The van der Waals surface area contributed by atoms with Gasteiger partial charge in [0, 0.05) is 43.0 Å². The Morgan fingerprint density at radius 1 is 1.15 bits per heavy atom. The molecule has 4 heterocycles. The fourth-order valence-corrected chi connectivity index (χ4v) is 4.62. The SMILES string of the molecule is COc1ccccc1Cc1cc(C(=O)N2CCC[C@H]2c2cccc(-c3cncn3C)n2)ccn1. The van der Waals surface area contributed by atoms with Crippen molar-refractivity contribution in [1.82, 2.24) is 24.4 Å². The molecule has 0 N–H and O–H groups in total. The third-order valence-corrected chi connectivity index (χ3v) is 6.33. The first-order valence-electron chi connectivity index (χ1n) is 11.5. The van der Waals surface area contributed by atoms with Gasteiger partial charge in [0.1, 0.15) is 5.75 Å². The zero-order valence-corrected chi connectivity index (χ0v) is 19.4.